The van der Waals surface area contributed by atoms with E-state index in [1.54, 1.807) is 42.5 Å². The maximum absolute atomic E-state index is 12.8. The molecule has 0 radical (unpaired) electrons. The van der Waals surface area contributed by atoms with E-state index < -0.39 is 14.9 Å². The van der Waals surface area contributed by atoms with Crippen LogP contribution in [-0.4, -0.2) is 41.8 Å². The molecule has 0 heterocycles. The number of rotatable bonds is 10. The van der Waals surface area contributed by atoms with Crippen LogP contribution in [0.5, 0.6) is 23.0 Å². The topological polar surface area (TPSA) is 126 Å². The molecule has 0 aliphatic rings. The van der Waals surface area contributed by atoms with Gasteiger partial charge >= 0.3 is 0 Å². The fourth-order valence-electron chi connectivity index (χ4n) is 3.25. The Morgan fingerprint density at radius 2 is 1.34 bits per heavy atom. The largest absolute Gasteiger partial charge is 0.495 e. The number of ether oxygens (including phenoxy) is 4. The average molecular weight is 501 g/mol. The van der Waals surface area contributed by atoms with Gasteiger partial charge in [0.1, 0.15) is 5.75 Å². The highest BCUT2D eigenvalue weighted by Crippen LogP contribution is 2.38. The zero-order valence-corrected chi connectivity index (χ0v) is 20.3. The summed E-state index contributed by atoms with van der Waals surface area (Å²) in [5, 5.41) is 10.8. The van der Waals surface area contributed by atoms with Crippen molar-refractivity contribution in [1.82, 2.24) is 0 Å². The highest BCUT2D eigenvalue weighted by Gasteiger charge is 2.18. The molecule has 0 aromatic heterocycles. The molecule has 10 nitrogen and oxygen atoms in total. The molecule has 184 valence electrons. The molecule has 0 atom stereocenters. The van der Waals surface area contributed by atoms with Gasteiger partial charge in [0.15, 0.2) is 11.5 Å². The van der Waals surface area contributed by atoms with Crippen molar-refractivity contribution in [3.05, 3.63) is 75.8 Å². The smallest absolute Gasteiger partial charge is 0.269 e. The van der Waals surface area contributed by atoms with Crippen LogP contribution in [0.25, 0.3) is 12.2 Å². The zero-order valence-electron chi connectivity index (χ0n) is 19.5. The Hall–Kier alpha value is -4.25. The maximum Gasteiger partial charge on any atom is 0.269 e. The zero-order chi connectivity index (χ0) is 25.6. The SMILES string of the molecule is COc1ccc(/C=C\c2cc(OC)c(OC)c(OC)c2)cc1NS(=O)(=O)c1ccc([N+](=O)[O-])cc1. The fourth-order valence-corrected chi connectivity index (χ4v) is 4.31. The second-order valence-corrected chi connectivity index (χ2v) is 8.79. The quantitative estimate of drug-likeness (QED) is 0.243. The molecule has 0 spiro atoms. The third-order valence-corrected chi connectivity index (χ3v) is 6.36. The standard InChI is InChI=1S/C24H24N2O8S/c1-31-21-12-7-16(5-6-17-14-22(32-2)24(34-4)23(15-17)33-3)13-20(21)25-35(29,30)19-10-8-18(9-11-19)26(27)28/h5-15,25H,1-4H3/b6-5-. The molecule has 0 amide bonds. The van der Waals surface area contributed by atoms with Crippen LogP contribution in [0, 0.1) is 10.1 Å². The first-order chi connectivity index (χ1) is 16.7. The van der Waals surface area contributed by atoms with E-state index in [0.29, 0.717) is 28.6 Å². The van der Waals surface area contributed by atoms with Gasteiger partial charge in [-0.1, -0.05) is 18.2 Å². The van der Waals surface area contributed by atoms with Crippen LogP contribution in [0.2, 0.25) is 0 Å². The predicted molar refractivity (Wildman–Crippen MR) is 132 cm³/mol. The highest BCUT2D eigenvalue weighted by atomic mass is 32.2. The van der Waals surface area contributed by atoms with E-state index in [1.165, 1.54) is 40.6 Å². The Kier molecular flexibility index (Phi) is 7.82. The van der Waals surface area contributed by atoms with Gasteiger partial charge in [0.05, 0.1) is 43.9 Å². The summed E-state index contributed by atoms with van der Waals surface area (Å²) >= 11 is 0. The minimum Gasteiger partial charge on any atom is -0.495 e. The minimum atomic E-state index is -4.02. The molecule has 0 aliphatic heterocycles. The normalized spacial score (nSPS) is 11.2. The van der Waals surface area contributed by atoms with Crippen molar-refractivity contribution in [2.24, 2.45) is 0 Å². The van der Waals surface area contributed by atoms with E-state index in [1.807, 2.05) is 0 Å². The van der Waals surface area contributed by atoms with E-state index in [0.717, 1.165) is 17.7 Å². The average Bonchev–Trinajstić information content (AvgIpc) is 2.86. The van der Waals surface area contributed by atoms with Crippen LogP contribution < -0.4 is 23.7 Å². The molecule has 3 aromatic carbocycles. The van der Waals surface area contributed by atoms with Gasteiger partial charge in [-0.15, -0.1) is 0 Å². The first kappa shape index (κ1) is 25.4. The Morgan fingerprint density at radius 3 is 1.86 bits per heavy atom. The fraction of sp³-hybridized carbons (Fsp3) is 0.167. The van der Waals surface area contributed by atoms with Crippen molar-refractivity contribution in [1.29, 1.82) is 0 Å². The molecule has 35 heavy (non-hydrogen) atoms. The summed E-state index contributed by atoms with van der Waals surface area (Å²) in [4.78, 5) is 10.1. The van der Waals surface area contributed by atoms with Crippen molar-refractivity contribution in [2.75, 3.05) is 33.2 Å². The summed E-state index contributed by atoms with van der Waals surface area (Å²) in [5.74, 6) is 1.77. The number of sulfonamides is 1. The summed E-state index contributed by atoms with van der Waals surface area (Å²) in [6.45, 7) is 0. The number of hydrogen-bond acceptors (Lipinski definition) is 8. The third kappa shape index (κ3) is 5.82. The lowest BCUT2D eigenvalue weighted by Gasteiger charge is -2.13. The Morgan fingerprint density at radius 1 is 0.771 bits per heavy atom. The van der Waals surface area contributed by atoms with Crippen molar-refractivity contribution in [3.63, 3.8) is 0 Å². The number of anilines is 1. The van der Waals surface area contributed by atoms with Crippen LogP contribution in [0.4, 0.5) is 11.4 Å². The van der Waals surface area contributed by atoms with Gasteiger partial charge < -0.3 is 18.9 Å². The van der Waals surface area contributed by atoms with E-state index in [4.69, 9.17) is 18.9 Å². The molecule has 0 fully saturated rings. The van der Waals surface area contributed by atoms with Crippen LogP contribution >= 0.6 is 0 Å². The van der Waals surface area contributed by atoms with Gasteiger partial charge in [0.2, 0.25) is 5.75 Å². The van der Waals surface area contributed by atoms with Gasteiger partial charge in [-0.3, -0.25) is 14.8 Å². The third-order valence-electron chi connectivity index (χ3n) is 4.98. The van der Waals surface area contributed by atoms with Crippen molar-refractivity contribution < 1.29 is 32.3 Å². The van der Waals surface area contributed by atoms with Gasteiger partial charge in [-0.2, -0.15) is 0 Å². The minimum absolute atomic E-state index is 0.122. The number of non-ortho nitro benzene ring substituents is 1. The summed E-state index contributed by atoms with van der Waals surface area (Å²) in [6, 6.07) is 13.1. The molecule has 0 bridgehead atoms. The van der Waals surface area contributed by atoms with Crippen LogP contribution in [-0.2, 0) is 10.0 Å². The lowest BCUT2D eigenvalue weighted by atomic mass is 10.1. The van der Waals surface area contributed by atoms with Crippen LogP contribution in [0.3, 0.4) is 0 Å². The Labute approximate surface area is 202 Å². The molecule has 3 aromatic rings. The monoisotopic (exact) mass is 500 g/mol. The first-order valence-corrected chi connectivity index (χ1v) is 11.6. The van der Waals surface area contributed by atoms with E-state index >= 15 is 0 Å². The van der Waals surface area contributed by atoms with Crippen LogP contribution in [0.15, 0.2) is 59.5 Å². The molecule has 1 N–H and O–H groups in total. The summed E-state index contributed by atoms with van der Waals surface area (Å²) in [7, 11) is 1.97. The van der Waals surface area contributed by atoms with Crippen molar-refractivity contribution in [3.8, 4) is 23.0 Å². The molecule has 11 heteroatoms. The van der Waals surface area contributed by atoms with Gasteiger partial charge in [0.25, 0.3) is 15.7 Å². The number of nitrogens with one attached hydrogen (secondary N) is 1. The second-order valence-electron chi connectivity index (χ2n) is 7.11. The number of methoxy groups -OCH3 is 4. The van der Waals surface area contributed by atoms with E-state index in [9.17, 15) is 18.5 Å². The molecular formula is C24H24N2O8S. The van der Waals surface area contributed by atoms with Crippen molar-refractivity contribution >= 4 is 33.6 Å². The predicted octanol–water partition coefficient (Wildman–Crippen LogP) is 4.60. The van der Waals surface area contributed by atoms with E-state index in [2.05, 4.69) is 4.72 Å². The van der Waals surface area contributed by atoms with Crippen LogP contribution in [0.1, 0.15) is 11.1 Å². The van der Waals surface area contributed by atoms with Gasteiger partial charge in [-0.25, -0.2) is 8.42 Å². The van der Waals surface area contributed by atoms with Gasteiger partial charge in [-0.05, 0) is 47.5 Å². The lowest BCUT2D eigenvalue weighted by Crippen LogP contribution is -2.13. The summed E-state index contributed by atoms with van der Waals surface area (Å²) in [5.41, 5.74) is 1.45. The molecule has 0 unspecified atom stereocenters. The lowest BCUT2D eigenvalue weighted by molar-refractivity contribution is -0.384. The summed E-state index contributed by atoms with van der Waals surface area (Å²) in [6.07, 6.45) is 3.59. The number of hydrogen-bond donors (Lipinski definition) is 1. The molecule has 0 saturated carbocycles. The number of benzene rings is 3. The second kappa shape index (κ2) is 10.8. The summed E-state index contributed by atoms with van der Waals surface area (Å²) < 4.78 is 49.5. The number of nitrogens with zero attached hydrogens (tertiary/aromatic N) is 1. The molecular weight excluding hydrogens is 476 g/mol. The Balaban J connectivity index is 1.91. The van der Waals surface area contributed by atoms with E-state index in [-0.39, 0.29) is 16.3 Å². The molecule has 0 saturated heterocycles. The highest BCUT2D eigenvalue weighted by molar-refractivity contribution is 7.92. The maximum atomic E-state index is 12.8. The Bertz CT molecular complexity index is 1330. The number of nitro benzene ring substituents is 1. The molecule has 3 rings (SSSR count). The first-order valence-electron chi connectivity index (χ1n) is 10.2. The van der Waals surface area contributed by atoms with Gasteiger partial charge in [0, 0.05) is 12.1 Å². The molecule has 0 aliphatic carbocycles. The number of nitro groups is 1. The van der Waals surface area contributed by atoms with Crippen molar-refractivity contribution in [2.45, 2.75) is 4.90 Å².